The van der Waals surface area contributed by atoms with Gasteiger partial charge in [-0.15, -0.1) is 0 Å². The molecule has 0 spiro atoms. The van der Waals surface area contributed by atoms with Crippen LogP contribution >= 0.6 is 11.8 Å². The van der Waals surface area contributed by atoms with E-state index in [-0.39, 0.29) is 6.04 Å². The zero-order chi connectivity index (χ0) is 12.3. The molecule has 1 fully saturated rings. The molecule has 1 aromatic carbocycles. The first-order chi connectivity index (χ1) is 8.20. The maximum absolute atomic E-state index is 5.95. The summed E-state index contributed by atoms with van der Waals surface area (Å²) in [6.07, 6.45) is 1.43. The van der Waals surface area contributed by atoms with Gasteiger partial charge in [0.1, 0.15) is 6.10 Å². The second-order valence-corrected chi connectivity index (χ2v) is 5.45. The zero-order valence-electron chi connectivity index (χ0n) is 10.3. The molecule has 0 aromatic heterocycles. The van der Waals surface area contributed by atoms with E-state index in [1.807, 2.05) is 36.9 Å². The summed E-state index contributed by atoms with van der Waals surface area (Å²) in [6.45, 7) is 1.96. The van der Waals surface area contributed by atoms with Gasteiger partial charge in [0, 0.05) is 11.8 Å². The lowest BCUT2D eigenvalue weighted by Crippen LogP contribution is -2.15. The maximum atomic E-state index is 5.95. The molecule has 1 aliphatic rings. The van der Waals surface area contributed by atoms with Gasteiger partial charge in [-0.05, 0) is 36.8 Å². The lowest BCUT2D eigenvalue weighted by Gasteiger charge is -2.17. The van der Waals surface area contributed by atoms with Gasteiger partial charge in [0.25, 0.3) is 0 Å². The molecule has 1 heterocycles. The van der Waals surface area contributed by atoms with Crippen molar-refractivity contribution in [3.05, 3.63) is 23.8 Å². The van der Waals surface area contributed by atoms with Crippen LogP contribution in [0.2, 0.25) is 0 Å². The largest absolute Gasteiger partial charge is 0.493 e. The molecule has 1 aromatic rings. The van der Waals surface area contributed by atoms with Crippen LogP contribution in [0.1, 0.15) is 24.9 Å². The Morgan fingerprint density at radius 3 is 2.82 bits per heavy atom. The Bertz CT molecular complexity index is 376. The van der Waals surface area contributed by atoms with Gasteiger partial charge in [0.05, 0.1) is 7.11 Å². The number of nitrogens with two attached hydrogens (primary N) is 1. The number of benzene rings is 1. The van der Waals surface area contributed by atoms with Crippen molar-refractivity contribution in [2.24, 2.45) is 5.73 Å². The van der Waals surface area contributed by atoms with Crippen molar-refractivity contribution in [3.8, 4) is 11.5 Å². The predicted octanol–water partition coefficient (Wildman–Crippen LogP) is 2.60. The monoisotopic (exact) mass is 253 g/mol. The van der Waals surface area contributed by atoms with Crippen LogP contribution in [-0.2, 0) is 0 Å². The number of ether oxygens (including phenoxy) is 2. The van der Waals surface area contributed by atoms with Crippen molar-refractivity contribution in [1.82, 2.24) is 0 Å². The molecule has 0 radical (unpaired) electrons. The van der Waals surface area contributed by atoms with Crippen molar-refractivity contribution in [2.75, 3.05) is 18.6 Å². The van der Waals surface area contributed by atoms with E-state index >= 15 is 0 Å². The Kier molecular flexibility index (Phi) is 4.18. The standard InChI is InChI=1S/C13H19NO2S/c1-9(14)10-3-4-12(13(7-10)15-2)16-11-5-6-17-8-11/h3-4,7,9,11H,5-6,8,14H2,1-2H3. The van der Waals surface area contributed by atoms with E-state index in [1.54, 1.807) is 7.11 Å². The second kappa shape index (κ2) is 5.65. The summed E-state index contributed by atoms with van der Waals surface area (Å²) < 4.78 is 11.3. The predicted molar refractivity (Wildman–Crippen MR) is 72.0 cm³/mol. The highest BCUT2D eigenvalue weighted by molar-refractivity contribution is 7.99. The molecule has 2 N–H and O–H groups in total. The van der Waals surface area contributed by atoms with Crippen LogP contribution in [-0.4, -0.2) is 24.7 Å². The molecule has 3 nitrogen and oxygen atoms in total. The van der Waals surface area contributed by atoms with Gasteiger partial charge >= 0.3 is 0 Å². The van der Waals surface area contributed by atoms with E-state index in [9.17, 15) is 0 Å². The molecule has 1 aliphatic heterocycles. The zero-order valence-corrected chi connectivity index (χ0v) is 11.1. The van der Waals surface area contributed by atoms with Crippen LogP contribution in [0.25, 0.3) is 0 Å². The maximum Gasteiger partial charge on any atom is 0.161 e. The molecule has 0 amide bonds. The van der Waals surface area contributed by atoms with Crippen LogP contribution in [0.4, 0.5) is 0 Å². The average Bonchev–Trinajstić information content (AvgIpc) is 2.82. The summed E-state index contributed by atoms with van der Waals surface area (Å²) in [5.74, 6) is 3.85. The third kappa shape index (κ3) is 3.07. The van der Waals surface area contributed by atoms with Gasteiger partial charge < -0.3 is 15.2 Å². The molecular weight excluding hydrogens is 234 g/mol. The molecule has 2 atom stereocenters. The van der Waals surface area contributed by atoms with E-state index in [2.05, 4.69) is 0 Å². The highest BCUT2D eigenvalue weighted by Gasteiger charge is 2.19. The highest BCUT2D eigenvalue weighted by atomic mass is 32.2. The summed E-state index contributed by atoms with van der Waals surface area (Å²) in [6, 6.07) is 5.94. The summed E-state index contributed by atoms with van der Waals surface area (Å²) in [4.78, 5) is 0. The van der Waals surface area contributed by atoms with Gasteiger partial charge in [-0.3, -0.25) is 0 Å². The Labute approximate surface area is 107 Å². The summed E-state index contributed by atoms with van der Waals surface area (Å²) in [5, 5.41) is 0. The van der Waals surface area contributed by atoms with E-state index in [0.717, 1.165) is 29.2 Å². The van der Waals surface area contributed by atoms with Crippen LogP contribution in [0.15, 0.2) is 18.2 Å². The molecule has 4 heteroatoms. The SMILES string of the molecule is COc1cc(C(C)N)ccc1OC1CCSC1. The summed E-state index contributed by atoms with van der Waals surface area (Å²) >= 11 is 1.94. The highest BCUT2D eigenvalue weighted by Crippen LogP contribution is 2.32. The lowest BCUT2D eigenvalue weighted by atomic mass is 10.1. The van der Waals surface area contributed by atoms with Crippen molar-refractivity contribution in [2.45, 2.75) is 25.5 Å². The molecule has 2 unspecified atom stereocenters. The number of methoxy groups -OCH3 is 1. The van der Waals surface area contributed by atoms with Crippen LogP contribution in [0.5, 0.6) is 11.5 Å². The van der Waals surface area contributed by atoms with Crippen molar-refractivity contribution in [3.63, 3.8) is 0 Å². The first kappa shape index (κ1) is 12.6. The average molecular weight is 253 g/mol. The fourth-order valence-electron chi connectivity index (χ4n) is 1.85. The minimum atomic E-state index is 0.0139. The fourth-order valence-corrected chi connectivity index (χ4v) is 2.94. The summed E-state index contributed by atoms with van der Waals surface area (Å²) in [5.41, 5.74) is 6.92. The molecule has 0 saturated carbocycles. The molecule has 1 saturated heterocycles. The van der Waals surface area contributed by atoms with Gasteiger partial charge in [-0.25, -0.2) is 0 Å². The minimum absolute atomic E-state index is 0.0139. The fraction of sp³-hybridized carbons (Fsp3) is 0.538. The van der Waals surface area contributed by atoms with Crippen LogP contribution in [0, 0.1) is 0 Å². The number of hydrogen-bond donors (Lipinski definition) is 1. The first-order valence-corrected chi connectivity index (χ1v) is 7.04. The summed E-state index contributed by atoms with van der Waals surface area (Å²) in [7, 11) is 1.66. The number of hydrogen-bond acceptors (Lipinski definition) is 4. The Morgan fingerprint density at radius 2 is 2.24 bits per heavy atom. The lowest BCUT2D eigenvalue weighted by molar-refractivity contribution is 0.218. The molecule has 17 heavy (non-hydrogen) atoms. The van der Waals surface area contributed by atoms with Crippen molar-refractivity contribution in [1.29, 1.82) is 0 Å². The Morgan fingerprint density at radius 1 is 1.41 bits per heavy atom. The van der Waals surface area contributed by atoms with Crippen molar-refractivity contribution >= 4 is 11.8 Å². The molecule has 0 aliphatic carbocycles. The molecule has 0 bridgehead atoms. The smallest absolute Gasteiger partial charge is 0.161 e. The third-order valence-corrected chi connectivity index (χ3v) is 4.03. The topological polar surface area (TPSA) is 44.5 Å². The Hall–Kier alpha value is -0.870. The Balaban J connectivity index is 2.15. The van der Waals surface area contributed by atoms with Gasteiger partial charge in [-0.2, -0.15) is 11.8 Å². The first-order valence-electron chi connectivity index (χ1n) is 5.88. The van der Waals surface area contributed by atoms with Gasteiger partial charge in [-0.1, -0.05) is 6.07 Å². The van der Waals surface area contributed by atoms with E-state index in [4.69, 9.17) is 15.2 Å². The van der Waals surface area contributed by atoms with Crippen LogP contribution in [0.3, 0.4) is 0 Å². The van der Waals surface area contributed by atoms with Gasteiger partial charge in [0.15, 0.2) is 11.5 Å². The second-order valence-electron chi connectivity index (χ2n) is 4.30. The van der Waals surface area contributed by atoms with Crippen LogP contribution < -0.4 is 15.2 Å². The quantitative estimate of drug-likeness (QED) is 0.896. The van der Waals surface area contributed by atoms with Crippen molar-refractivity contribution < 1.29 is 9.47 Å². The third-order valence-electron chi connectivity index (χ3n) is 2.90. The minimum Gasteiger partial charge on any atom is -0.493 e. The number of rotatable bonds is 4. The normalized spacial score (nSPS) is 21.2. The van der Waals surface area contributed by atoms with E-state index < -0.39 is 0 Å². The molecular formula is C13H19NO2S. The molecule has 94 valence electrons. The molecule has 2 rings (SSSR count). The number of thioether (sulfide) groups is 1. The van der Waals surface area contributed by atoms with E-state index in [0.29, 0.717) is 6.10 Å². The van der Waals surface area contributed by atoms with E-state index in [1.165, 1.54) is 5.75 Å². The van der Waals surface area contributed by atoms with Gasteiger partial charge in [0.2, 0.25) is 0 Å².